The van der Waals surface area contributed by atoms with Crippen molar-refractivity contribution in [3.8, 4) is 0 Å². The van der Waals surface area contributed by atoms with Crippen LogP contribution in [0.2, 0.25) is 10.0 Å². The zero-order valence-electron chi connectivity index (χ0n) is 10.4. The normalized spacial score (nSPS) is 24.5. The molecule has 1 atom stereocenters. The van der Waals surface area contributed by atoms with E-state index in [9.17, 15) is 0 Å². The minimum Gasteiger partial charge on any atom is -0.311 e. The highest BCUT2D eigenvalue weighted by atomic mass is 35.5. The molecule has 1 unspecified atom stereocenters. The van der Waals surface area contributed by atoms with E-state index in [1.54, 1.807) is 0 Å². The van der Waals surface area contributed by atoms with Gasteiger partial charge in [0.25, 0.3) is 0 Å². The van der Waals surface area contributed by atoms with E-state index in [4.69, 9.17) is 23.2 Å². The molecule has 94 valence electrons. The second-order valence-corrected chi connectivity index (χ2v) is 6.02. The molecule has 0 bridgehead atoms. The van der Waals surface area contributed by atoms with Gasteiger partial charge in [0.2, 0.25) is 0 Å². The minimum atomic E-state index is 0.189. The van der Waals surface area contributed by atoms with Gasteiger partial charge in [0, 0.05) is 5.54 Å². The van der Waals surface area contributed by atoms with Gasteiger partial charge in [-0.3, -0.25) is 0 Å². The van der Waals surface area contributed by atoms with Gasteiger partial charge >= 0.3 is 0 Å². The van der Waals surface area contributed by atoms with Crippen LogP contribution < -0.4 is 5.32 Å². The quantitative estimate of drug-likeness (QED) is 0.864. The summed E-state index contributed by atoms with van der Waals surface area (Å²) in [4.78, 5) is 0. The maximum absolute atomic E-state index is 6.28. The third-order valence-corrected chi connectivity index (χ3v) is 4.78. The first-order valence-electron chi connectivity index (χ1n) is 6.23. The molecule has 0 spiro atoms. The van der Waals surface area contributed by atoms with E-state index in [2.05, 4.69) is 25.2 Å². The monoisotopic (exact) mass is 271 g/mol. The van der Waals surface area contributed by atoms with Crippen molar-refractivity contribution < 1.29 is 0 Å². The summed E-state index contributed by atoms with van der Waals surface area (Å²) >= 11 is 12.4. The molecule has 0 aliphatic carbocycles. The Kier molecular flexibility index (Phi) is 4.02. The van der Waals surface area contributed by atoms with Crippen LogP contribution in [0.15, 0.2) is 18.2 Å². The van der Waals surface area contributed by atoms with E-state index in [0.29, 0.717) is 16.0 Å². The maximum Gasteiger partial charge on any atom is 0.0624 e. The Hall–Kier alpha value is -0.240. The summed E-state index contributed by atoms with van der Waals surface area (Å²) in [5.74, 6) is 0.597. The number of rotatable bonds is 3. The largest absolute Gasteiger partial charge is 0.311 e. The number of hydrogen-bond donors (Lipinski definition) is 1. The van der Waals surface area contributed by atoms with Crippen molar-refractivity contribution in [2.45, 2.75) is 38.6 Å². The van der Waals surface area contributed by atoms with Crippen LogP contribution in [-0.4, -0.2) is 12.1 Å². The standard InChI is InChI=1S/C14H19Cl2N/c1-10(2)14(7-4-8-17-14)9-11-5-3-6-12(15)13(11)16/h3,5-6,10,17H,4,7-9H2,1-2H3. The van der Waals surface area contributed by atoms with Gasteiger partial charge in [-0.05, 0) is 43.4 Å². The summed E-state index contributed by atoms with van der Waals surface area (Å²) in [6, 6.07) is 5.91. The molecule has 0 amide bonds. The molecule has 1 aliphatic heterocycles. The zero-order valence-corrected chi connectivity index (χ0v) is 11.9. The van der Waals surface area contributed by atoms with Gasteiger partial charge in [0.15, 0.2) is 0 Å². The second-order valence-electron chi connectivity index (χ2n) is 5.23. The highest BCUT2D eigenvalue weighted by molar-refractivity contribution is 6.42. The van der Waals surface area contributed by atoms with Crippen LogP contribution in [0.1, 0.15) is 32.3 Å². The van der Waals surface area contributed by atoms with Crippen LogP contribution in [0.25, 0.3) is 0 Å². The van der Waals surface area contributed by atoms with Crippen LogP contribution >= 0.6 is 23.2 Å². The predicted octanol–water partition coefficient (Wildman–Crippen LogP) is 4.31. The highest BCUT2D eigenvalue weighted by Crippen LogP contribution is 2.35. The Balaban J connectivity index is 2.27. The van der Waals surface area contributed by atoms with Gasteiger partial charge in [-0.25, -0.2) is 0 Å². The van der Waals surface area contributed by atoms with Gasteiger partial charge in [-0.1, -0.05) is 49.2 Å². The van der Waals surface area contributed by atoms with Crippen molar-refractivity contribution in [3.05, 3.63) is 33.8 Å². The Bertz CT molecular complexity index is 395. The molecular weight excluding hydrogens is 253 g/mol. The molecule has 0 aromatic heterocycles. The van der Waals surface area contributed by atoms with Crippen LogP contribution in [-0.2, 0) is 6.42 Å². The zero-order chi connectivity index (χ0) is 12.5. The summed E-state index contributed by atoms with van der Waals surface area (Å²) in [6.45, 7) is 5.66. The van der Waals surface area contributed by atoms with Crippen LogP contribution in [0.4, 0.5) is 0 Å². The number of nitrogens with one attached hydrogen (secondary N) is 1. The molecule has 1 aromatic carbocycles. The maximum atomic E-state index is 6.28. The number of benzene rings is 1. The van der Waals surface area contributed by atoms with Gasteiger partial charge in [0.1, 0.15) is 0 Å². The second kappa shape index (κ2) is 5.17. The van der Waals surface area contributed by atoms with Crippen molar-refractivity contribution in [1.82, 2.24) is 5.32 Å². The van der Waals surface area contributed by atoms with E-state index in [0.717, 1.165) is 18.5 Å². The Morgan fingerprint density at radius 3 is 2.71 bits per heavy atom. The molecule has 1 nitrogen and oxygen atoms in total. The molecule has 17 heavy (non-hydrogen) atoms. The SMILES string of the molecule is CC(C)C1(Cc2cccc(Cl)c2Cl)CCCN1. The lowest BCUT2D eigenvalue weighted by Gasteiger charge is -2.34. The van der Waals surface area contributed by atoms with Crippen molar-refractivity contribution in [2.24, 2.45) is 5.92 Å². The van der Waals surface area contributed by atoms with Crippen LogP contribution in [0.3, 0.4) is 0 Å². The molecule has 1 aliphatic rings. The summed E-state index contributed by atoms with van der Waals surface area (Å²) in [5.41, 5.74) is 1.34. The lowest BCUT2D eigenvalue weighted by Crippen LogP contribution is -2.46. The van der Waals surface area contributed by atoms with Crippen LogP contribution in [0.5, 0.6) is 0 Å². The first-order chi connectivity index (χ1) is 8.05. The molecule has 1 fully saturated rings. The summed E-state index contributed by atoms with van der Waals surface area (Å²) in [5, 5.41) is 5.03. The molecule has 1 aromatic rings. The molecule has 3 heteroatoms. The number of halogens is 2. The Morgan fingerprint density at radius 2 is 2.12 bits per heavy atom. The first-order valence-corrected chi connectivity index (χ1v) is 6.99. The molecule has 2 rings (SSSR count). The number of hydrogen-bond acceptors (Lipinski definition) is 1. The van der Waals surface area contributed by atoms with E-state index in [1.165, 1.54) is 12.8 Å². The summed E-state index contributed by atoms with van der Waals surface area (Å²) in [7, 11) is 0. The Morgan fingerprint density at radius 1 is 1.35 bits per heavy atom. The molecule has 0 radical (unpaired) electrons. The highest BCUT2D eigenvalue weighted by Gasteiger charge is 2.36. The van der Waals surface area contributed by atoms with Gasteiger partial charge in [0.05, 0.1) is 10.0 Å². The molecule has 1 saturated heterocycles. The van der Waals surface area contributed by atoms with Crippen molar-refractivity contribution in [3.63, 3.8) is 0 Å². The third kappa shape index (κ3) is 2.62. The fourth-order valence-corrected chi connectivity index (χ4v) is 3.09. The van der Waals surface area contributed by atoms with Gasteiger partial charge in [-0.15, -0.1) is 0 Å². The third-order valence-electron chi connectivity index (χ3n) is 3.92. The van der Waals surface area contributed by atoms with Gasteiger partial charge in [-0.2, -0.15) is 0 Å². The summed E-state index contributed by atoms with van der Waals surface area (Å²) in [6.07, 6.45) is 3.42. The average molecular weight is 272 g/mol. The fraction of sp³-hybridized carbons (Fsp3) is 0.571. The van der Waals surface area contributed by atoms with E-state index in [-0.39, 0.29) is 5.54 Å². The van der Waals surface area contributed by atoms with Crippen molar-refractivity contribution in [2.75, 3.05) is 6.54 Å². The van der Waals surface area contributed by atoms with Crippen molar-refractivity contribution >= 4 is 23.2 Å². The predicted molar refractivity (Wildman–Crippen MR) is 75.0 cm³/mol. The van der Waals surface area contributed by atoms with Crippen LogP contribution in [0, 0.1) is 5.92 Å². The molecular formula is C14H19Cl2N. The van der Waals surface area contributed by atoms with E-state index in [1.807, 2.05) is 12.1 Å². The van der Waals surface area contributed by atoms with E-state index < -0.39 is 0 Å². The summed E-state index contributed by atoms with van der Waals surface area (Å²) < 4.78 is 0. The molecule has 0 saturated carbocycles. The van der Waals surface area contributed by atoms with E-state index >= 15 is 0 Å². The lowest BCUT2D eigenvalue weighted by molar-refractivity contribution is 0.269. The molecule has 1 heterocycles. The smallest absolute Gasteiger partial charge is 0.0624 e. The first kappa shape index (κ1) is 13.2. The average Bonchev–Trinajstić information content (AvgIpc) is 2.75. The van der Waals surface area contributed by atoms with Crippen molar-refractivity contribution in [1.29, 1.82) is 0 Å². The van der Waals surface area contributed by atoms with Gasteiger partial charge < -0.3 is 5.32 Å². The Labute approximate surface area is 114 Å². The minimum absolute atomic E-state index is 0.189. The fourth-order valence-electron chi connectivity index (χ4n) is 2.70. The topological polar surface area (TPSA) is 12.0 Å². The lowest BCUT2D eigenvalue weighted by atomic mass is 9.80. The molecule has 1 N–H and O–H groups in total.